The van der Waals surface area contributed by atoms with Gasteiger partial charge in [0, 0.05) is 25.7 Å². The molecule has 0 spiro atoms. The quantitative estimate of drug-likeness (QED) is 0.821. The van der Waals surface area contributed by atoms with Crippen LogP contribution in [-0.2, 0) is 6.54 Å². The van der Waals surface area contributed by atoms with Crippen LogP contribution in [-0.4, -0.2) is 30.3 Å². The highest BCUT2D eigenvalue weighted by Crippen LogP contribution is 2.25. The van der Waals surface area contributed by atoms with Crippen LogP contribution in [0.5, 0.6) is 0 Å². The Bertz CT molecular complexity index is 351. The third-order valence-corrected chi connectivity index (χ3v) is 2.98. The van der Waals surface area contributed by atoms with Crippen LogP contribution in [0.4, 0.5) is 13.2 Å². The predicted molar refractivity (Wildman–Crippen MR) is 59.3 cm³/mol. The molecule has 0 aromatic heterocycles. The Balaban J connectivity index is 1.79. The van der Waals surface area contributed by atoms with Crippen molar-refractivity contribution >= 4 is 0 Å². The SMILES string of the molecule is FC(F)(F)N1CCC(NCc2ccccc2)C1. The van der Waals surface area contributed by atoms with Crippen LogP contribution < -0.4 is 5.32 Å². The van der Waals surface area contributed by atoms with Gasteiger partial charge >= 0.3 is 6.30 Å². The van der Waals surface area contributed by atoms with E-state index in [2.05, 4.69) is 5.32 Å². The zero-order valence-corrected chi connectivity index (χ0v) is 9.37. The number of benzene rings is 1. The first-order chi connectivity index (χ1) is 8.05. The molecule has 17 heavy (non-hydrogen) atoms. The van der Waals surface area contributed by atoms with E-state index in [9.17, 15) is 13.2 Å². The topological polar surface area (TPSA) is 15.3 Å². The lowest BCUT2D eigenvalue weighted by Gasteiger charge is -2.19. The average Bonchev–Trinajstić information content (AvgIpc) is 2.76. The highest BCUT2D eigenvalue weighted by atomic mass is 19.4. The maximum absolute atomic E-state index is 12.4. The highest BCUT2D eigenvalue weighted by Gasteiger charge is 2.41. The Hall–Kier alpha value is -1.07. The fraction of sp³-hybridized carbons (Fsp3) is 0.500. The fourth-order valence-corrected chi connectivity index (χ4v) is 2.02. The van der Waals surface area contributed by atoms with Gasteiger partial charge < -0.3 is 5.32 Å². The fourth-order valence-electron chi connectivity index (χ4n) is 2.02. The van der Waals surface area contributed by atoms with Crippen LogP contribution in [0.25, 0.3) is 0 Å². The number of halogens is 3. The Kier molecular flexibility index (Phi) is 3.69. The van der Waals surface area contributed by atoms with Gasteiger partial charge in [-0.3, -0.25) is 0 Å². The number of alkyl halides is 3. The van der Waals surface area contributed by atoms with Crippen molar-refractivity contribution in [3.63, 3.8) is 0 Å². The molecule has 1 fully saturated rings. The molecule has 1 atom stereocenters. The highest BCUT2D eigenvalue weighted by molar-refractivity contribution is 5.14. The summed E-state index contributed by atoms with van der Waals surface area (Å²) in [6.45, 7) is 0.767. The molecule has 2 rings (SSSR count). The maximum Gasteiger partial charge on any atom is 0.459 e. The summed E-state index contributed by atoms with van der Waals surface area (Å²) in [7, 11) is 0. The molecule has 0 saturated carbocycles. The van der Waals surface area contributed by atoms with Gasteiger partial charge in [-0.05, 0) is 12.0 Å². The molecule has 1 saturated heterocycles. The second kappa shape index (κ2) is 5.06. The Morgan fingerprint density at radius 3 is 2.53 bits per heavy atom. The van der Waals surface area contributed by atoms with Gasteiger partial charge in [-0.2, -0.15) is 13.2 Å². The molecule has 0 radical (unpaired) electrons. The summed E-state index contributed by atoms with van der Waals surface area (Å²) in [6, 6.07) is 9.62. The zero-order chi connectivity index (χ0) is 12.3. The minimum absolute atomic E-state index is 0.0519. The van der Waals surface area contributed by atoms with Gasteiger partial charge in [0.2, 0.25) is 0 Å². The van der Waals surface area contributed by atoms with Crippen molar-refractivity contribution in [3.05, 3.63) is 35.9 Å². The third-order valence-electron chi connectivity index (χ3n) is 2.98. The molecule has 1 aliphatic heterocycles. The number of hydrogen-bond donors (Lipinski definition) is 1. The average molecular weight is 244 g/mol. The molecular formula is C12H15F3N2. The van der Waals surface area contributed by atoms with Crippen LogP contribution in [0.3, 0.4) is 0 Å². The van der Waals surface area contributed by atoms with Gasteiger partial charge in [0.25, 0.3) is 0 Å². The molecule has 0 bridgehead atoms. The first-order valence-corrected chi connectivity index (χ1v) is 5.65. The smallest absolute Gasteiger partial charge is 0.309 e. The van der Waals surface area contributed by atoms with Gasteiger partial charge in [-0.15, -0.1) is 0 Å². The lowest BCUT2D eigenvalue weighted by atomic mass is 10.2. The summed E-state index contributed by atoms with van der Waals surface area (Å²) in [5.74, 6) is 0. The molecule has 0 aliphatic carbocycles. The molecule has 94 valence electrons. The summed E-state index contributed by atoms with van der Waals surface area (Å²) in [6.07, 6.45) is -3.64. The van der Waals surface area contributed by atoms with Crippen LogP contribution >= 0.6 is 0 Å². The van der Waals surface area contributed by atoms with Crippen molar-refractivity contribution in [1.29, 1.82) is 0 Å². The normalized spacial score (nSPS) is 21.9. The minimum atomic E-state index is -4.19. The van der Waals surface area contributed by atoms with Crippen LogP contribution in [0, 0.1) is 0 Å². The van der Waals surface area contributed by atoms with E-state index in [1.165, 1.54) is 0 Å². The van der Waals surface area contributed by atoms with E-state index < -0.39 is 6.30 Å². The van der Waals surface area contributed by atoms with E-state index in [0.717, 1.165) is 5.56 Å². The van der Waals surface area contributed by atoms with Crippen molar-refractivity contribution in [1.82, 2.24) is 10.2 Å². The van der Waals surface area contributed by atoms with Gasteiger partial charge in [0.15, 0.2) is 0 Å². The van der Waals surface area contributed by atoms with E-state index in [0.29, 0.717) is 17.9 Å². The van der Waals surface area contributed by atoms with Crippen molar-refractivity contribution in [2.75, 3.05) is 13.1 Å². The molecule has 1 aromatic rings. The molecule has 0 amide bonds. The monoisotopic (exact) mass is 244 g/mol. The van der Waals surface area contributed by atoms with E-state index in [-0.39, 0.29) is 19.1 Å². The zero-order valence-electron chi connectivity index (χ0n) is 9.37. The molecule has 1 aromatic carbocycles. The van der Waals surface area contributed by atoms with Crippen molar-refractivity contribution in [2.45, 2.75) is 25.3 Å². The van der Waals surface area contributed by atoms with E-state index >= 15 is 0 Å². The summed E-state index contributed by atoms with van der Waals surface area (Å²) < 4.78 is 37.2. The molecule has 1 N–H and O–H groups in total. The molecule has 2 nitrogen and oxygen atoms in total. The molecule has 1 aliphatic rings. The Morgan fingerprint density at radius 1 is 1.24 bits per heavy atom. The first kappa shape index (κ1) is 12.4. The first-order valence-electron chi connectivity index (χ1n) is 5.65. The van der Waals surface area contributed by atoms with Gasteiger partial charge in [0.05, 0.1) is 0 Å². The van der Waals surface area contributed by atoms with Gasteiger partial charge in [0.1, 0.15) is 0 Å². The Morgan fingerprint density at radius 2 is 1.94 bits per heavy atom. The molecule has 5 heteroatoms. The van der Waals surface area contributed by atoms with Gasteiger partial charge in [-0.25, -0.2) is 4.90 Å². The predicted octanol–water partition coefficient (Wildman–Crippen LogP) is 2.37. The second-order valence-electron chi connectivity index (χ2n) is 4.27. The Labute approximate surface area is 98.4 Å². The van der Waals surface area contributed by atoms with Gasteiger partial charge in [-0.1, -0.05) is 30.3 Å². The summed E-state index contributed by atoms with van der Waals surface area (Å²) >= 11 is 0. The lowest BCUT2D eigenvalue weighted by molar-refractivity contribution is -0.238. The third kappa shape index (κ3) is 3.44. The van der Waals surface area contributed by atoms with Crippen LogP contribution in [0.15, 0.2) is 30.3 Å². The van der Waals surface area contributed by atoms with Crippen LogP contribution in [0.2, 0.25) is 0 Å². The standard InChI is InChI=1S/C12H15F3N2/c13-12(14,15)17-7-6-11(9-17)16-8-10-4-2-1-3-5-10/h1-5,11,16H,6-9H2. The van der Waals surface area contributed by atoms with Crippen molar-refractivity contribution in [3.8, 4) is 0 Å². The molecule has 1 unspecified atom stereocenters. The lowest BCUT2D eigenvalue weighted by Crippen LogP contribution is -2.39. The van der Waals surface area contributed by atoms with E-state index in [1.54, 1.807) is 0 Å². The van der Waals surface area contributed by atoms with Crippen molar-refractivity contribution in [2.24, 2.45) is 0 Å². The largest absolute Gasteiger partial charge is 0.459 e. The van der Waals surface area contributed by atoms with E-state index in [1.807, 2.05) is 30.3 Å². The molecule has 1 heterocycles. The number of nitrogens with one attached hydrogen (secondary N) is 1. The minimum Gasteiger partial charge on any atom is -0.309 e. The van der Waals surface area contributed by atoms with E-state index in [4.69, 9.17) is 0 Å². The summed E-state index contributed by atoms with van der Waals surface area (Å²) in [4.78, 5) is 0.565. The summed E-state index contributed by atoms with van der Waals surface area (Å²) in [5, 5.41) is 3.16. The molecular weight excluding hydrogens is 229 g/mol. The number of rotatable bonds is 3. The summed E-state index contributed by atoms with van der Waals surface area (Å²) in [5.41, 5.74) is 1.10. The number of likely N-dealkylation sites (tertiary alicyclic amines) is 1. The number of hydrogen-bond acceptors (Lipinski definition) is 2. The second-order valence-corrected chi connectivity index (χ2v) is 4.27. The van der Waals surface area contributed by atoms with Crippen molar-refractivity contribution < 1.29 is 13.2 Å². The maximum atomic E-state index is 12.4. The number of nitrogens with zero attached hydrogens (tertiary/aromatic N) is 1. The van der Waals surface area contributed by atoms with Crippen LogP contribution in [0.1, 0.15) is 12.0 Å².